The summed E-state index contributed by atoms with van der Waals surface area (Å²) in [4.78, 5) is 34.2. The molecule has 0 spiro atoms. The number of hydrogen-bond acceptors (Lipinski definition) is 6. The number of rotatable bonds is 5. The second-order valence-corrected chi connectivity index (χ2v) is 7.43. The lowest BCUT2D eigenvalue weighted by Gasteiger charge is -2.11. The number of thiophene rings is 1. The largest absolute Gasteiger partial charge is 0.335 e. The first-order valence-corrected chi connectivity index (χ1v) is 9.16. The molecule has 2 aromatic heterocycles. The molecule has 8 heteroatoms. The minimum Gasteiger partial charge on any atom is -0.335 e. The van der Waals surface area contributed by atoms with E-state index in [1.54, 1.807) is 11.3 Å². The van der Waals surface area contributed by atoms with Gasteiger partial charge in [0, 0.05) is 16.3 Å². The minimum atomic E-state index is -0.458. The van der Waals surface area contributed by atoms with Gasteiger partial charge in [-0.3, -0.25) is 10.1 Å². The Kier molecular flexibility index (Phi) is 5.95. The number of thioether (sulfide) groups is 1. The third-order valence-corrected chi connectivity index (χ3v) is 5.62. The maximum absolute atomic E-state index is 11.9. The summed E-state index contributed by atoms with van der Waals surface area (Å²) in [7, 11) is 0. The van der Waals surface area contributed by atoms with Crippen LogP contribution in [-0.2, 0) is 4.79 Å². The van der Waals surface area contributed by atoms with Gasteiger partial charge in [-0.25, -0.2) is 14.8 Å². The molecule has 23 heavy (non-hydrogen) atoms. The number of aromatic nitrogens is 2. The quantitative estimate of drug-likeness (QED) is 0.638. The Bertz CT molecular complexity index is 730. The van der Waals surface area contributed by atoms with Crippen molar-refractivity contribution in [3.63, 3.8) is 0 Å². The Morgan fingerprint density at radius 3 is 2.78 bits per heavy atom. The zero-order valence-electron chi connectivity index (χ0n) is 13.6. The van der Waals surface area contributed by atoms with Gasteiger partial charge in [0.15, 0.2) is 0 Å². The first kappa shape index (κ1) is 17.7. The lowest BCUT2D eigenvalue weighted by Crippen LogP contribution is -2.43. The van der Waals surface area contributed by atoms with Crippen LogP contribution in [0.15, 0.2) is 11.4 Å². The summed E-state index contributed by atoms with van der Waals surface area (Å²) >= 11 is 2.93. The van der Waals surface area contributed by atoms with E-state index in [2.05, 4.69) is 20.6 Å². The summed E-state index contributed by atoms with van der Waals surface area (Å²) < 4.78 is 0. The number of urea groups is 1. The monoisotopic (exact) mass is 352 g/mol. The number of imide groups is 1. The zero-order chi connectivity index (χ0) is 17.0. The first-order valence-electron chi connectivity index (χ1n) is 7.36. The smallest absolute Gasteiger partial charge is 0.321 e. The lowest BCUT2D eigenvalue weighted by molar-refractivity contribution is -0.117. The molecule has 0 fully saturated rings. The fourth-order valence-electron chi connectivity index (χ4n) is 1.92. The van der Waals surface area contributed by atoms with Gasteiger partial charge in [-0.2, -0.15) is 0 Å². The SMILES string of the molecule is CC[C@@H](C)NC(=O)NC(=O)CSc1ncnc2sc(C)c(C)c12. The van der Waals surface area contributed by atoms with Crippen molar-refractivity contribution in [2.45, 2.75) is 45.2 Å². The normalized spacial score (nSPS) is 12.2. The Hall–Kier alpha value is -1.67. The van der Waals surface area contributed by atoms with Crippen molar-refractivity contribution < 1.29 is 9.59 Å². The number of carbonyl (C=O) groups excluding carboxylic acids is 2. The number of fused-ring (bicyclic) bond motifs is 1. The molecule has 0 aromatic carbocycles. The van der Waals surface area contributed by atoms with Gasteiger partial charge in [0.1, 0.15) is 16.2 Å². The molecule has 0 unspecified atom stereocenters. The van der Waals surface area contributed by atoms with Crippen LogP contribution in [-0.4, -0.2) is 33.7 Å². The number of aryl methyl sites for hydroxylation is 2. The summed E-state index contributed by atoms with van der Waals surface area (Å²) in [5, 5.41) is 6.80. The molecule has 0 aliphatic heterocycles. The second-order valence-electron chi connectivity index (χ2n) is 5.26. The minimum absolute atomic E-state index is 0.0355. The van der Waals surface area contributed by atoms with Gasteiger partial charge in [-0.15, -0.1) is 11.3 Å². The number of amides is 3. The summed E-state index contributed by atoms with van der Waals surface area (Å²) in [6.07, 6.45) is 2.32. The van der Waals surface area contributed by atoms with E-state index in [-0.39, 0.29) is 17.7 Å². The van der Waals surface area contributed by atoms with Crippen LogP contribution in [0, 0.1) is 13.8 Å². The Morgan fingerprint density at radius 1 is 1.35 bits per heavy atom. The molecule has 2 aromatic rings. The van der Waals surface area contributed by atoms with E-state index in [4.69, 9.17) is 0 Å². The molecule has 0 aliphatic rings. The van der Waals surface area contributed by atoms with Gasteiger partial charge in [0.05, 0.1) is 5.75 Å². The number of carbonyl (C=O) groups is 2. The van der Waals surface area contributed by atoms with Gasteiger partial charge in [0.25, 0.3) is 0 Å². The fourth-order valence-corrected chi connectivity index (χ4v) is 3.84. The Morgan fingerprint density at radius 2 is 2.09 bits per heavy atom. The van der Waals surface area contributed by atoms with E-state index in [0.29, 0.717) is 0 Å². The molecular weight excluding hydrogens is 332 g/mol. The maximum Gasteiger partial charge on any atom is 0.321 e. The zero-order valence-corrected chi connectivity index (χ0v) is 15.2. The highest BCUT2D eigenvalue weighted by Crippen LogP contribution is 2.34. The molecule has 6 nitrogen and oxygen atoms in total. The summed E-state index contributed by atoms with van der Waals surface area (Å²) in [6.45, 7) is 7.93. The third kappa shape index (κ3) is 4.42. The van der Waals surface area contributed by atoms with Crippen molar-refractivity contribution in [1.82, 2.24) is 20.6 Å². The van der Waals surface area contributed by atoms with Gasteiger partial charge in [-0.05, 0) is 32.8 Å². The van der Waals surface area contributed by atoms with Gasteiger partial charge >= 0.3 is 6.03 Å². The summed E-state index contributed by atoms with van der Waals surface area (Å²) in [6, 6.07) is -0.422. The van der Waals surface area contributed by atoms with Crippen LogP contribution >= 0.6 is 23.1 Å². The second kappa shape index (κ2) is 7.74. The number of nitrogens with one attached hydrogen (secondary N) is 2. The van der Waals surface area contributed by atoms with Crippen LogP contribution in [0.3, 0.4) is 0 Å². The lowest BCUT2D eigenvalue weighted by atomic mass is 10.2. The molecular formula is C15H20N4O2S2. The van der Waals surface area contributed by atoms with Crippen molar-refractivity contribution in [2.24, 2.45) is 0 Å². The molecule has 2 rings (SSSR count). The van der Waals surface area contributed by atoms with Crippen molar-refractivity contribution in [3.05, 3.63) is 16.8 Å². The van der Waals surface area contributed by atoms with E-state index in [1.165, 1.54) is 23.0 Å². The van der Waals surface area contributed by atoms with E-state index in [0.717, 1.165) is 27.2 Å². The van der Waals surface area contributed by atoms with Gasteiger partial charge in [0.2, 0.25) is 5.91 Å². The number of hydrogen-bond donors (Lipinski definition) is 2. The predicted molar refractivity (Wildman–Crippen MR) is 94.0 cm³/mol. The molecule has 0 saturated heterocycles. The number of nitrogens with zero attached hydrogens (tertiary/aromatic N) is 2. The van der Waals surface area contributed by atoms with Crippen LogP contribution in [0.2, 0.25) is 0 Å². The van der Waals surface area contributed by atoms with Crippen LogP contribution in [0.1, 0.15) is 30.7 Å². The molecule has 124 valence electrons. The topological polar surface area (TPSA) is 84.0 Å². The molecule has 2 N–H and O–H groups in total. The molecule has 0 saturated carbocycles. The van der Waals surface area contributed by atoms with Gasteiger partial charge in [-0.1, -0.05) is 18.7 Å². The van der Waals surface area contributed by atoms with Crippen LogP contribution in [0.5, 0.6) is 0 Å². The van der Waals surface area contributed by atoms with Crippen molar-refractivity contribution in [2.75, 3.05) is 5.75 Å². The molecule has 1 atom stereocenters. The highest BCUT2D eigenvalue weighted by Gasteiger charge is 2.15. The van der Waals surface area contributed by atoms with Crippen molar-refractivity contribution >= 4 is 45.3 Å². The van der Waals surface area contributed by atoms with Crippen LogP contribution in [0.4, 0.5) is 4.79 Å². The molecule has 0 bridgehead atoms. The van der Waals surface area contributed by atoms with E-state index < -0.39 is 6.03 Å². The standard InChI is InChI=1S/C15H20N4O2S2/c1-5-8(2)18-15(21)19-11(20)6-22-13-12-9(3)10(4)23-14(12)17-7-16-13/h7-8H,5-6H2,1-4H3,(H2,18,19,20,21)/t8-/m1/s1. The van der Waals surface area contributed by atoms with Crippen molar-refractivity contribution in [3.8, 4) is 0 Å². The van der Waals surface area contributed by atoms with Gasteiger partial charge < -0.3 is 5.32 Å². The third-order valence-electron chi connectivity index (χ3n) is 3.51. The van der Waals surface area contributed by atoms with E-state index in [1.807, 2.05) is 27.7 Å². The molecule has 3 amide bonds. The van der Waals surface area contributed by atoms with E-state index >= 15 is 0 Å². The fraction of sp³-hybridized carbons (Fsp3) is 0.467. The first-order chi connectivity index (χ1) is 10.9. The molecule has 0 aliphatic carbocycles. The highest BCUT2D eigenvalue weighted by molar-refractivity contribution is 8.00. The predicted octanol–water partition coefficient (Wildman–Crippen LogP) is 3.02. The maximum atomic E-state index is 11.9. The summed E-state index contributed by atoms with van der Waals surface area (Å²) in [5.74, 6) is -0.207. The highest BCUT2D eigenvalue weighted by atomic mass is 32.2. The van der Waals surface area contributed by atoms with Crippen molar-refractivity contribution in [1.29, 1.82) is 0 Å². The molecule has 2 heterocycles. The van der Waals surface area contributed by atoms with E-state index in [9.17, 15) is 9.59 Å². The Labute approximate surface area is 143 Å². The molecule has 0 radical (unpaired) electrons. The van der Waals surface area contributed by atoms with Crippen LogP contribution in [0.25, 0.3) is 10.2 Å². The Balaban J connectivity index is 1.98. The average molecular weight is 352 g/mol. The van der Waals surface area contributed by atoms with Crippen LogP contribution < -0.4 is 10.6 Å². The average Bonchev–Trinajstić information content (AvgIpc) is 2.80. The summed E-state index contributed by atoms with van der Waals surface area (Å²) in [5.41, 5.74) is 1.14.